The molecular formula is C15H15N3O2. The second kappa shape index (κ2) is 5.21. The molecular weight excluding hydrogens is 254 g/mol. The van der Waals surface area contributed by atoms with Crippen molar-refractivity contribution in [1.29, 1.82) is 0 Å². The van der Waals surface area contributed by atoms with Crippen LogP contribution < -0.4 is 15.4 Å². The fourth-order valence-corrected chi connectivity index (χ4v) is 2.14. The molecule has 1 amide bonds. The van der Waals surface area contributed by atoms with Crippen LogP contribution >= 0.6 is 0 Å². The highest BCUT2D eigenvalue weighted by atomic mass is 16.5. The number of benzene rings is 1. The molecule has 0 saturated heterocycles. The van der Waals surface area contributed by atoms with Gasteiger partial charge >= 0.3 is 0 Å². The van der Waals surface area contributed by atoms with Crippen LogP contribution in [0.4, 0.5) is 11.5 Å². The third-order valence-electron chi connectivity index (χ3n) is 3.16. The van der Waals surface area contributed by atoms with E-state index in [4.69, 9.17) is 4.74 Å². The third-order valence-corrected chi connectivity index (χ3v) is 3.16. The van der Waals surface area contributed by atoms with Gasteiger partial charge in [0.25, 0.3) is 5.91 Å². The molecule has 1 aliphatic heterocycles. The molecule has 1 aliphatic rings. The minimum atomic E-state index is -0.215. The standard InChI is InChI=1S/C15H15N3O2/c1-10-4-3-7-17-14(10)18-15(19)11-5-2-6-12-13(11)20-9-8-16-12/h2-7,16H,8-9H2,1H3,(H,17,18,19). The Kier molecular flexibility index (Phi) is 3.25. The van der Waals surface area contributed by atoms with Crippen LogP contribution in [-0.2, 0) is 0 Å². The Labute approximate surface area is 117 Å². The number of nitrogens with one attached hydrogen (secondary N) is 2. The number of aromatic nitrogens is 1. The van der Waals surface area contributed by atoms with E-state index in [2.05, 4.69) is 15.6 Å². The van der Waals surface area contributed by atoms with Crippen molar-refractivity contribution in [3.63, 3.8) is 0 Å². The molecule has 20 heavy (non-hydrogen) atoms. The lowest BCUT2D eigenvalue weighted by Gasteiger charge is -2.21. The lowest BCUT2D eigenvalue weighted by atomic mass is 10.1. The second-order valence-electron chi connectivity index (χ2n) is 4.58. The highest BCUT2D eigenvalue weighted by molar-refractivity contribution is 6.07. The van der Waals surface area contributed by atoms with Gasteiger partial charge in [0.1, 0.15) is 12.4 Å². The number of nitrogens with zero attached hydrogens (tertiary/aromatic N) is 1. The van der Waals surface area contributed by atoms with Crippen LogP contribution in [-0.4, -0.2) is 24.0 Å². The van der Waals surface area contributed by atoms with Gasteiger partial charge in [-0.3, -0.25) is 4.79 Å². The molecule has 102 valence electrons. The summed E-state index contributed by atoms with van der Waals surface area (Å²) < 4.78 is 5.60. The number of ether oxygens (including phenoxy) is 1. The van der Waals surface area contributed by atoms with E-state index in [1.165, 1.54) is 0 Å². The van der Waals surface area contributed by atoms with Crippen LogP contribution in [0.3, 0.4) is 0 Å². The summed E-state index contributed by atoms with van der Waals surface area (Å²) in [6.07, 6.45) is 1.65. The fourth-order valence-electron chi connectivity index (χ4n) is 2.14. The summed E-state index contributed by atoms with van der Waals surface area (Å²) in [5.41, 5.74) is 2.28. The number of para-hydroxylation sites is 1. The summed E-state index contributed by atoms with van der Waals surface area (Å²) in [6, 6.07) is 9.22. The second-order valence-corrected chi connectivity index (χ2v) is 4.58. The Balaban J connectivity index is 1.90. The first kappa shape index (κ1) is 12.5. The monoisotopic (exact) mass is 269 g/mol. The SMILES string of the molecule is Cc1cccnc1NC(=O)c1cccc2c1OCCN2. The van der Waals surface area contributed by atoms with Crippen molar-refractivity contribution in [2.45, 2.75) is 6.92 Å². The lowest BCUT2D eigenvalue weighted by molar-refractivity contribution is 0.102. The minimum absolute atomic E-state index is 0.215. The molecule has 2 N–H and O–H groups in total. The molecule has 0 unspecified atom stereocenters. The van der Waals surface area contributed by atoms with Gasteiger partial charge < -0.3 is 15.4 Å². The van der Waals surface area contributed by atoms with Gasteiger partial charge in [0, 0.05) is 12.7 Å². The molecule has 0 spiro atoms. The van der Waals surface area contributed by atoms with Crippen molar-refractivity contribution in [3.05, 3.63) is 47.7 Å². The summed E-state index contributed by atoms with van der Waals surface area (Å²) in [7, 11) is 0. The maximum Gasteiger partial charge on any atom is 0.260 e. The zero-order chi connectivity index (χ0) is 13.9. The Hall–Kier alpha value is -2.56. The van der Waals surface area contributed by atoms with Crippen LogP contribution in [0, 0.1) is 6.92 Å². The van der Waals surface area contributed by atoms with Crippen molar-refractivity contribution in [1.82, 2.24) is 4.98 Å². The molecule has 1 aromatic carbocycles. The van der Waals surface area contributed by atoms with Gasteiger partial charge in [0.05, 0.1) is 11.3 Å². The summed E-state index contributed by atoms with van der Waals surface area (Å²) in [5.74, 6) is 0.955. The number of aryl methyl sites for hydroxylation is 1. The molecule has 2 aromatic rings. The zero-order valence-corrected chi connectivity index (χ0v) is 11.1. The van der Waals surface area contributed by atoms with Gasteiger partial charge in [0.15, 0.2) is 5.75 Å². The van der Waals surface area contributed by atoms with Crippen LogP contribution in [0.1, 0.15) is 15.9 Å². The predicted molar refractivity (Wildman–Crippen MR) is 77.4 cm³/mol. The van der Waals surface area contributed by atoms with Gasteiger partial charge in [-0.15, -0.1) is 0 Å². The van der Waals surface area contributed by atoms with Crippen molar-refractivity contribution >= 4 is 17.4 Å². The number of carbonyl (C=O) groups excluding carboxylic acids is 1. The quantitative estimate of drug-likeness (QED) is 0.879. The van der Waals surface area contributed by atoms with Crippen molar-refractivity contribution < 1.29 is 9.53 Å². The molecule has 5 nitrogen and oxygen atoms in total. The molecule has 2 heterocycles. The Morgan fingerprint density at radius 1 is 1.35 bits per heavy atom. The van der Waals surface area contributed by atoms with Crippen molar-refractivity contribution in [2.75, 3.05) is 23.8 Å². The first-order valence-electron chi connectivity index (χ1n) is 6.48. The smallest absolute Gasteiger partial charge is 0.260 e. The average Bonchev–Trinajstić information content (AvgIpc) is 2.49. The number of amides is 1. The maximum atomic E-state index is 12.4. The van der Waals surface area contributed by atoms with E-state index in [0.29, 0.717) is 23.7 Å². The molecule has 5 heteroatoms. The number of hydrogen-bond donors (Lipinski definition) is 2. The van der Waals surface area contributed by atoms with Crippen LogP contribution in [0.5, 0.6) is 5.75 Å². The summed E-state index contributed by atoms with van der Waals surface area (Å²) in [6.45, 7) is 3.21. The average molecular weight is 269 g/mol. The summed E-state index contributed by atoms with van der Waals surface area (Å²) in [5, 5.41) is 6.03. The largest absolute Gasteiger partial charge is 0.489 e. The fraction of sp³-hybridized carbons (Fsp3) is 0.200. The molecule has 0 saturated carbocycles. The van der Waals surface area contributed by atoms with Gasteiger partial charge in [-0.2, -0.15) is 0 Å². The molecule has 0 bridgehead atoms. The van der Waals surface area contributed by atoms with Crippen LogP contribution in [0.25, 0.3) is 0 Å². The Morgan fingerprint density at radius 2 is 2.25 bits per heavy atom. The predicted octanol–water partition coefficient (Wildman–Crippen LogP) is 2.45. The molecule has 0 radical (unpaired) electrons. The summed E-state index contributed by atoms with van der Waals surface area (Å²) in [4.78, 5) is 16.5. The van der Waals surface area contributed by atoms with Gasteiger partial charge in [-0.05, 0) is 30.7 Å². The Morgan fingerprint density at radius 3 is 3.10 bits per heavy atom. The van der Waals surface area contributed by atoms with Gasteiger partial charge in [-0.25, -0.2) is 4.98 Å². The van der Waals surface area contributed by atoms with Crippen molar-refractivity contribution in [2.24, 2.45) is 0 Å². The van der Waals surface area contributed by atoms with E-state index in [0.717, 1.165) is 17.8 Å². The first-order valence-corrected chi connectivity index (χ1v) is 6.48. The minimum Gasteiger partial charge on any atom is -0.489 e. The normalized spacial score (nSPS) is 12.8. The van der Waals surface area contributed by atoms with E-state index in [9.17, 15) is 4.79 Å². The van der Waals surface area contributed by atoms with Gasteiger partial charge in [-0.1, -0.05) is 12.1 Å². The van der Waals surface area contributed by atoms with E-state index in [1.54, 1.807) is 12.3 Å². The number of carbonyl (C=O) groups is 1. The lowest BCUT2D eigenvalue weighted by Crippen LogP contribution is -2.22. The molecule has 0 aliphatic carbocycles. The number of pyridine rings is 1. The van der Waals surface area contributed by atoms with Crippen LogP contribution in [0.15, 0.2) is 36.5 Å². The van der Waals surface area contributed by atoms with E-state index in [1.807, 2.05) is 31.2 Å². The van der Waals surface area contributed by atoms with Crippen LogP contribution in [0.2, 0.25) is 0 Å². The topological polar surface area (TPSA) is 63.2 Å². The zero-order valence-electron chi connectivity index (χ0n) is 11.1. The molecule has 0 atom stereocenters. The number of hydrogen-bond acceptors (Lipinski definition) is 4. The molecule has 3 rings (SSSR count). The summed E-state index contributed by atoms with van der Waals surface area (Å²) >= 11 is 0. The molecule has 0 fully saturated rings. The highest BCUT2D eigenvalue weighted by Crippen LogP contribution is 2.31. The number of rotatable bonds is 2. The van der Waals surface area contributed by atoms with E-state index in [-0.39, 0.29) is 5.91 Å². The third kappa shape index (κ3) is 2.30. The van der Waals surface area contributed by atoms with E-state index < -0.39 is 0 Å². The number of anilines is 2. The first-order chi connectivity index (χ1) is 9.75. The number of fused-ring (bicyclic) bond motifs is 1. The van der Waals surface area contributed by atoms with E-state index >= 15 is 0 Å². The maximum absolute atomic E-state index is 12.4. The molecule has 1 aromatic heterocycles. The van der Waals surface area contributed by atoms with Gasteiger partial charge in [0.2, 0.25) is 0 Å². The van der Waals surface area contributed by atoms with Crippen molar-refractivity contribution in [3.8, 4) is 5.75 Å². The Bertz CT molecular complexity index is 655. The highest BCUT2D eigenvalue weighted by Gasteiger charge is 2.19.